The number of aromatic nitrogens is 4. The molecule has 3 heterocycles. The molecule has 0 bridgehead atoms. The zero-order valence-electron chi connectivity index (χ0n) is 13.0. The Balaban J connectivity index is 1.95. The Hall–Kier alpha value is -1.55. The van der Waals surface area contributed by atoms with Gasteiger partial charge in [0.15, 0.2) is 23.6 Å². The van der Waals surface area contributed by atoms with E-state index in [4.69, 9.17) is 26.2 Å². The number of imidazole rings is 1. The van der Waals surface area contributed by atoms with E-state index in [1.165, 1.54) is 10.9 Å². The number of nitrogens with zero attached hydrogens (tertiary/aromatic N) is 4. The van der Waals surface area contributed by atoms with Gasteiger partial charge in [0.2, 0.25) is 11.2 Å². The van der Waals surface area contributed by atoms with Crippen molar-refractivity contribution in [3.05, 3.63) is 11.6 Å². The van der Waals surface area contributed by atoms with Crippen molar-refractivity contribution in [1.82, 2.24) is 19.5 Å². The van der Waals surface area contributed by atoms with E-state index in [-0.39, 0.29) is 16.8 Å². The van der Waals surface area contributed by atoms with Crippen LogP contribution in [0, 0.1) is 0 Å². The van der Waals surface area contributed by atoms with Crippen molar-refractivity contribution in [1.29, 1.82) is 0 Å². The maximum absolute atomic E-state index is 14.3. The lowest BCUT2D eigenvalue weighted by Crippen LogP contribution is -2.30. The monoisotopic (exact) mass is 360 g/mol. The van der Waals surface area contributed by atoms with E-state index in [0.29, 0.717) is 12.1 Å². The molecular weight excluding hydrogens is 343 g/mol. The molecule has 1 fully saturated rings. The molecule has 1 saturated heterocycles. The molecule has 132 valence electrons. The fraction of sp³-hybridized carbons (Fsp3) is 0.643. The van der Waals surface area contributed by atoms with E-state index in [0.717, 1.165) is 12.8 Å². The maximum Gasteiger partial charge on any atom is 0.246 e. The number of fused-ring (bicyclic) bond motifs is 1. The van der Waals surface area contributed by atoms with Crippen molar-refractivity contribution < 1.29 is 24.1 Å². The summed E-state index contributed by atoms with van der Waals surface area (Å²) in [5.74, 6) is 0.213. The third kappa shape index (κ3) is 3.04. The van der Waals surface area contributed by atoms with Gasteiger partial charge in [-0.1, -0.05) is 13.3 Å². The number of alkyl halides is 1. The molecule has 4 atom stereocenters. The minimum atomic E-state index is -1.74. The standard InChI is InChI=1S/C14H18ClFN4O4/c1-2-3-4-23-12-9-11(18-14(15)19-12)20(6-17-9)13-8(16)10(22)7(5-21)24-13/h6-8,10,13,21-22H,2-5H2,1H3/t7-,8+,10-,13-/m1/s1. The van der Waals surface area contributed by atoms with Crippen LogP contribution in [0.5, 0.6) is 5.88 Å². The zero-order chi connectivity index (χ0) is 17.3. The minimum absolute atomic E-state index is 0.0663. The number of ether oxygens (including phenoxy) is 2. The summed E-state index contributed by atoms with van der Waals surface area (Å²) < 4.78 is 26.6. The minimum Gasteiger partial charge on any atom is -0.476 e. The fourth-order valence-electron chi connectivity index (χ4n) is 2.54. The Labute approximate surface area is 142 Å². The van der Waals surface area contributed by atoms with Gasteiger partial charge in [-0.3, -0.25) is 4.57 Å². The van der Waals surface area contributed by atoms with Crippen LogP contribution in [0.4, 0.5) is 4.39 Å². The van der Waals surface area contributed by atoms with Gasteiger partial charge in [-0.2, -0.15) is 9.97 Å². The molecule has 1 aliphatic heterocycles. The smallest absolute Gasteiger partial charge is 0.246 e. The van der Waals surface area contributed by atoms with Gasteiger partial charge in [-0.05, 0) is 18.0 Å². The van der Waals surface area contributed by atoms with E-state index in [1.54, 1.807) is 0 Å². The summed E-state index contributed by atoms with van der Waals surface area (Å²) in [6.45, 7) is 1.98. The van der Waals surface area contributed by atoms with Gasteiger partial charge in [0.25, 0.3) is 0 Å². The summed E-state index contributed by atoms with van der Waals surface area (Å²) in [4.78, 5) is 12.2. The predicted octanol–water partition coefficient (Wildman–Crippen LogP) is 1.25. The summed E-state index contributed by atoms with van der Waals surface area (Å²) in [7, 11) is 0. The van der Waals surface area contributed by atoms with Crippen molar-refractivity contribution in [2.75, 3.05) is 13.2 Å². The molecule has 3 rings (SSSR count). The van der Waals surface area contributed by atoms with Crippen molar-refractivity contribution in [3.63, 3.8) is 0 Å². The van der Waals surface area contributed by atoms with E-state index < -0.39 is 31.2 Å². The lowest BCUT2D eigenvalue weighted by molar-refractivity contribution is -0.0459. The number of hydrogen-bond acceptors (Lipinski definition) is 7. The van der Waals surface area contributed by atoms with Crippen LogP contribution in [-0.2, 0) is 4.74 Å². The first-order chi connectivity index (χ1) is 11.6. The molecular formula is C14H18ClFN4O4. The predicted molar refractivity (Wildman–Crippen MR) is 82.6 cm³/mol. The van der Waals surface area contributed by atoms with Crippen LogP contribution in [0.1, 0.15) is 26.0 Å². The summed E-state index contributed by atoms with van der Waals surface area (Å²) in [5, 5.41) is 18.9. The Morgan fingerprint density at radius 2 is 2.25 bits per heavy atom. The van der Waals surface area contributed by atoms with Gasteiger partial charge in [-0.25, -0.2) is 9.37 Å². The first-order valence-electron chi connectivity index (χ1n) is 7.68. The van der Waals surface area contributed by atoms with Crippen LogP contribution in [0.15, 0.2) is 6.33 Å². The molecule has 8 nitrogen and oxygen atoms in total. The molecule has 0 aliphatic carbocycles. The highest BCUT2D eigenvalue weighted by Crippen LogP contribution is 2.34. The van der Waals surface area contributed by atoms with Crippen molar-refractivity contribution in [3.8, 4) is 5.88 Å². The quantitative estimate of drug-likeness (QED) is 0.590. The molecule has 0 radical (unpaired) electrons. The van der Waals surface area contributed by atoms with Crippen LogP contribution >= 0.6 is 11.6 Å². The number of hydrogen-bond donors (Lipinski definition) is 2. The van der Waals surface area contributed by atoms with E-state index in [2.05, 4.69) is 15.0 Å². The Morgan fingerprint density at radius 1 is 1.46 bits per heavy atom. The average Bonchev–Trinajstić information content (AvgIpc) is 3.10. The average molecular weight is 361 g/mol. The van der Waals surface area contributed by atoms with Gasteiger partial charge >= 0.3 is 0 Å². The highest BCUT2D eigenvalue weighted by Gasteiger charge is 2.45. The molecule has 24 heavy (non-hydrogen) atoms. The van der Waals surface area contributed by atoms with Gasteiger partial charge in [0, 0.05) is 0 Å². The van der Waals surface area contributed by atoms with E-state index in [1.807, 2.05) is 6.92 Å². The number of unbranched alkanes of at least 4 members (excludes halogenated alkanes) is 1. The third-order valence-electron chi connectivity index (χ3n) is 3.85. The van der Waals surface area contributed by atoms with Crippen LogP contribution in [0.25, 0.3) is 11.2 Å². The molecule has 0 amide bonds. The van der Waals surface area contributed by atoms with Gasteiger partial charge in [0.05, 0.1) is 19.5 Å². The molecule has 10 heteroatoms. The molecule has 0 spiro atoms. The fourth-order valence-corrected chi connectivity index (χ4v) is 2.70. The maximum atomic E-state index is 14.3. The second-order valence-corrected chi connectivity index (χ2v) is 5.84. The molecule has 0 aromatic carbocycles. The van der Waals surface area contributed by atoms with Gasteiger partial charge < -0.3 is 19.7 Å². The number of halogens is 2. The zero-order valence-corrected chi connectivity index (χ0v) is 13.7. The molecule has 0 unspecified atom stereocenters. The SMILES string of the molecule is CCCCOc1nc(Cl)nc2c1ncn2[C@@H]1O[C@H](CO)[C@@H](O)[C@@H]1F. The Kier molecular flexibility index (Phi) is 5.14. The molecule has 2 aromatic heterocycles. The van der Waals surface area contributed by atoms with Crippen LogP contribution in [0.3, 0.4) is 0 Å². The Morgan fingerprint density at radius 3 is 2.92 bits per heavy atom. The lowest BCUT2D eigenvalue weighted by Gasteiger charge is -2.15. The summed E-state index contributed by atoms with van der Waals surface area (Å²) >= 11 is 5.93. The summed E-state index contributed by atoms with van der Waals surface area (Å²) in [5.41, 5.74) is 0.563. The van der Waals surface area contributed by atoms with Crippen molar-refractivity contribution in [2.45, 2.75) is 44.4 Å². The molecule has 2 N–H and O–H groups in total. The lowest BCUT2D eigenvalue weighted by atomic mass is 10.1. The summed E-state index contributed by atoms with van der Waals surface area (Å²) in [6, 6.07) is 0. The van der Waals surface area contributed by atoms with Crippen LogP contribution < -0.4 is 4.74 Å². The van der Waals surface area contributed by atoms with Crippen LogP contribution in [0.2, 0.25) is 5.28 Å². The highest BCUT2D eigenvalue weighted by molar-refractivity contribution is 6.28. The summed E-state index contributed by atoms with van der Waals surface area (Å²) in [6.07, 6.45) is -2.24. The normalized spacial score (nSPS) is 27.0. The van der Waals surface area contributed by atoms with Crippen molar-refractivity contribution >= 4 is 22.8 Å². The first kappa shape index (κ1) is 17.3. The molecule has 0 saturated carbocycles. The number of aliphatic hydroxyl groups is 2. The first-order valence-corrected chi connectivity index (χ1v) is 8.06. The third-order valence-corrected chi connectivity index (χ3v) is 4.02. The Bertz CT molecular complexity index is 715. The van der Waals surface area contributed by atoms with Crippen molar-refractivity contribution in [2.24, 2.45) is 0 Å². The van der Waals surface area contributed by atoms with E-state index >= 15 is 0 Å². The topological polar surface area (TPSA) is 103 Å². The van der Waals surface area contributed by atoms with Gasteiger partial charge in [-0.15, -0.1) is 0 Å². The largest absolute Gasteiger partial charge is 0.476 e. The van der Waals surface area contributed by atoms with Crippen LogP contribution in [-0.4, -0.2) is 61.3 Å². The molecule has 2 aromatic rings. The number of aliphatic hydroxyl groups excluding tert-OH is 2. The number of rotatable bonds is 6. The highest BCUT2D eigenvalue weighted by atomic mass is 35.5. The molecule has 1 aliphatic rings. The second-order valence-electron chi connectivity index (χ2n) is 5.51. The van der Waals surface area contributed by atoms with Gasteiger partial charge in [0.1, 0.15) is 12.2 Å². The van der Waals surface area contributed by atoms with E-state index in [9.17, 15) is 9.50 Å². The second kappa shape index (κ2) is 7.14.